The number of hydrogen-bond acceptors (Lipinski definition) is 8. The number of hydrogen-bond donors (Lipinski definition) is 4. The molecule has 4 aliphatic carbocycles. The van der Waals surface area contributed by atoms with Crippen molar-refractivity contribution in [2.45, 2.75) is 131 Å². The number of aliphatic hydroxyl groups excluding tert-OH is 4. The van der Waals surface area contributed by atoms with Gasteiger partial charge >= 0.3 is 11.9 Å². The fourth-order valence-electron chi connectivity index (χ4n) is 11.2. The third-order valence-electron chi connectivity index (χ3n) is 13.9. The SMILES string of the molecule is C=CCC1[C@@]2(C)CC[C@H](O)[C@](C)(COC(C)=O)C2CC[C@@]1(C)[C@@]1(C)CC2CC(C)(C)[C@@H](O)[C@H](OC(C)=O)[C@]2(CO)[C@H](O)C1. The first-order valence-electron chi connectivity index (χ1n) is 16.4. The highest BCUT2D eigenvalue weighted by Crippen LogP contribution is 2.73. The largest absolute Gasteiger partial charge is 0.465 e. The molecule has 0 bridgehead atoms. The smallest absolute Gasteiger partial charge is 0.303 e. The minimum atomic E-state index is -1.15. The van der Waals surface area contributed by atoms with Crippen LogP contribution in [0.3, 0.4) is 0 Å². The number of carbonyl (C=O) groups is 2. The molecule has 0 heterocycles. The lowest BCUT2D eigenvalue weighted by atomic mass is 9.35. The van der Waals surface area contributed by atoms with Crippen molar-refractivity contribution in [3.05, 3.63) is 12.7 Å². The van der Waals surface area contributed by atoms with E-state index in [2.05, 4.69) is 34.3 Å². The van der Waals surface area contributed by atoms with E-state index in [1.54, 1.807) is 0 Å². The van der Waals surface area contributed by atoms with Crippen LogP contribution in [0.15, 0.2) is 12.7 Å². The van der Waals surface area contributed by atoms with Crippen molar-refractivity contribution in [2.24, 2.45) is 50.2 Å². The van der Waals surface area contributed by atoms with Crippen LogP contribution < -0.4 is 0 Å². The average Bonchev–Trinajstić information content (AvgIpc) is 2.90. The van der Waals surface area contributed by atoms with Gasteiger partial charge in [0.25, 0.3) is 0 Å². The van der Waals surface area contributed by atoms with Gasteiger partial charge in [-0.2, -0.15) is 0 Å². The van der Waals surface area contributed by atoms with Crippen LogP contribution in [-0.4, -0.2) is 70.0 Å². The van der Waals surface area contributed by atoms with Crippen LogP contribution in [0.4, 0.5) is 0 Å². The number of allylic oxidation sites excluding steroid dienone is 1. The normalized spacial score (nSPS) is 49.3. The molecule has 0 radical (unpaired) electrons. The lowest BCUT2D eigenvalue weighted by Crippen LogP contribution is -2.70. The number of carbonyl (C=O) groups excluding carboxylic acids is 2. The summed E-state index contributed by atoms with van der Waals surface area (Å²) in [5.41, 5.74) is -3.03. The lowest BCUT2D eigenvalue weighted by Gasteiger charge is -2.70. The van der Waals surface area contributed by atoms with E-state index in [9.17, 15) is 30.0 Å². The summed E-state index contributed by atoms with van der Waals surface area (Å²) in [6.07, 6.45) is 4.14. The van der Waals surface area contributed by atoms with Gasteiger partial charge in [0.05, 0.1) is 36.9 Å². The van der Waals surface area contributed by atoms with E-state index < -0.39 is 46.6 Å². The zero-order valence-electron chi connectivity index (χ0n) is 27.8. The Morgan fingerprint density at radius 1 is 0.907 bits per heavy atom. The van der Waals surface area contributed by atoms with Crippen LogP contribution in [0, 0.1) is 50.2 Å². The molecule has 0 saturated heterocycles. The number of esters is 2. The molecule has 12 atom stereocenters. The maximum absolute atomic E-state index is 12.2. The van der Waals surface area contributed by atoms with Crippen LogP contribution in [0.25, 0.3) is 0 Å². The molecule has 4 rings (SSSR count). The number of ether oxygens (including phenoxy) is 2. The summed E-state index contributed by atoms with van der Waals surface area (Å²) < 4.78 is 11.3. The van der Waals surface area contributed by atoms with Gasteiger partial charge in [-0.05, 0) is 90.8 Å². The van der Waals surface area contributed by atoms with Crippen LogP contribution in [0.1, 0.15) is 107 Å². The number of rotatable bonds is 7. The Bertz CT molecular complexity index is 1090. The highest BCUT2D eigenvalue weighted by atomic mass is 16.6. The molecule has 8 heteroatoms. The maximum Gasteiger partial charge on any atom is 0.303 e. The summed E-state index contributed by atoms with van der Waals surface area (Å²) in [6.45, 7) is 19.7. The third kappa shape index (κ3) is 5.11. The van der Waals surface area contributed by atoms with Crippen LogP contribution in [0.2, 0.25) is 0 Å². The molecule has 0 spiro atoms. The Kier molecular flexibility index (Phi) is 9.12. The summed E-state index contributed by atoms with van der Waals surface area (Å²) in [5, 5.41) is 45.7. The van der Waals surface area contributed by atoms with E-state index in [1.165, 1.54) is 13.8 Å². The number of fused-ring (bicyclic) bond motifs is 2. The zero-order valence-corrected chi connectivity index (χ0v) is 27.8. The zero-order chi connectivity index (χ0) is 32.4. The molecule has 0 aromatic heterocycles. The van der Waals surface area contributed by atoms with Crippen molar-refractivity contribution in [1.29, 1.82) is 0 Å². The second-order valence-corrected chi connectivity index (χ2v) is 16.6. The van der Waals surface area contributed by atoms with Crippen molar-refractivity contribution in [3.63, 3.8) is 0 Å². The van der Waals surface area contributed by atoms with Gasteiger partial charge in [0.1, 0.15) is 6.10 Å². The monoisotopic (exact) mass is 606 g/mol. The molecule has 8 nitrogen and oxygen atoms in total. The molecule has 0 amide bonds. The fraction of sp³-hybridized carbons (Fsp3) is 0.886. The Hall–Kier alpha value is -1.48. The third-order valence-corrected chi connectivity index (χ3v) is 13.9. The van der Waals surface area contributed by atoms with Gasteiger partial charge in [0, 0.05) is 19.3 Å². The molecule has 4 saturated carbocycles. The first-order chi connectivity index (χ1) is 19.8. The topological polar surface area (TPSA) is 134 Å². The fourth-order valence-corrected chi connectivity index (χ4v) is 11.2. The summed E-state index contributed by atoms with van der Waals surface area (Å²) in [4.78, 5) is 24.1. The van der Waals surface area contributed by atoms with E-state index in [-0.39, 0.29) is 53.2 Å². The first-order valence-corrected chi connectivity index (χ1v) is 16.4. The molecule has 246 valence electrons. The highest BCUT2D eigenvalue weighted by molar-refractivity contribution is 5.66. The van der Waals surface area contributed by atoms with Gasteiger partial charge < -0.3 is 29.9 Å². The second-order valence-electron chi connectivity index (χ2n) is 16.6. The van der Waals surface area contributed by atoms with Crippen molar-refractivity contribution in [1.82, 2.24) is 0 Å². The predicted molar refractivity (Wildman–Crippen MR) is 164 cm³/mol. The maximum atomic E-state index is 12.2. The Morgan fingerprint density at radius 2 is 1.56 bits per heavy atom. The van der Waals surface area contributed by atoms with Crippen molar-refractivity contribution >= 4 is 11.9 Å². The van der Waals surface area contributed by atoms with Crippen molar-refractivity contribution < 1.29 is 39.5 Å². The van der Waals surface area contributed by atoms with E-state index >= 15 is 0 Å². The van der Waals surface area contributed by atoms with E-state index in [0.29, 0.717) is 19.3 Å². The Balaban J connectivity index is 1.77. The highest BCUT2D eigenvalue weighted by Gasteiger charge is 2.70. The molecular weight excluding hydrogens is 548 g/mol. The van der Waals surface area contributed by atoms with Gasteiger partial charge in [-0.3, -0.25) is 9.59 Å². The summed E-state index contributed by atoms with van der Waals surface area (Å²) in [7, 11) is 0. The summed E-state index contributed by atoms with van der Waals surface area (Å²) in [5.74, 6) is -0.734. The molecule has 3 unspecified atom stereocenters. The lowest BCUT2D eigenvalue weighted by molar-refractivity contribution is -0.279. The van der Waals surface area contributed by atoms with Crippen molar-refractivity contribution in [3.8, 4) is 0 Å². The summed E-state index contributed by atoms with van der Waals surface area (Å²) in [6, 6.07) is 0. The van der Waals surface area contributed by atoms with E-state index in [4.69, 9.17) is 9.47 Å². The molecular formula is C35H58O8. The average molecular weight is 607 g/mol. The van der Waals surface area contributed by atoms with Crippen LogP contribution in [-0.2, 0) is 19.1 Å². The quantitative estimate of drug-likeness (QED) is 0.240. The second kappa shape index (κ2) is 11.4. The molecule has 4 N–H and O–H groups in total. The minimum Gasteiger partial charge on any atom is -0.465 e. The molecule has 4 aliphatic rings. The molecule has 0 aliphatic heterocycles. The van der Waals surface area contributed by atoms with E-state index in [1.807, 2.05) is 19.9 Å². The van der Waals surface area contributed by atoms with Gasteiger partial charge in [0.2, 0.25) is 0 Å². The molecule has 0 aromatic carbocycles. The van der Waals surface area contributed by atoms with Gasteiger partial charge in [-0.15, -0.1) is 6.58 Å². The first kappa shape index (κ1) is 34.4. The predicted octanol–water partition coefficient (Wildman–Crippen LogP) is 4.80. The van der Waals surface area contributed by atoms with Crippen molar-refractivity contribution in [2.75, 3.05) is 13.2 Å². The van der Waals surface area contributed by atoms with Gasteiger partial charge in [-0.25, -0.2) is 0 Å². The van der Waals surface area contributed by atoms with E-state index in [0.717, 1.165) is 32.1 Å². The van der Waals surface area contributed by atoms with Crippen LogP contribution >= 0.6 is 0 Å². The van der Waals surface area contributed by atoms with Gasteiger partial charge in [-0.1, -0.05) is 47.6 Å². The molecule has 43 heavy (non-hydrogen) atoms. The summed E-state index contributed by atoms with van der Waals surface area (Å²) >= 11 is 0. The Labute approximate surface area is 258 Å². The number of aliphatic hydroxyl groups is 4. The molecule has 0 aromatic rings. The van der Waals surface area contributed by atoms with Gasteiger partial charge in [0.15, 0.2) is 0 Å². The van der Waals surface area contributed by atoms with Crippen LogP contribution in [0.5, 0.6) is 0 Å². The molecule has 4 fully saturated rings. The Morgan fingerprint density at radius 3 is 2.12 bits per heavy atom. The standard InChI is InChI=1S/C35H58O8/c1-10-11-25-32(7)14-13-26(39)33(8,20-42-21(2)37)24(32)12-15-34(25,9)31(6)17-23-16-30(4,5)28(41)29(43-22(3)38)35(23,19-36)27(40)18-31/h10,23-29,36,39-41H,1,11-20H2,2-9H3/t23?,24?,25?,26-,27+,28-,29-,31-,32-,33+,34+,35-/m0/s1. The minimum absolute atomic E-state index is 0.131.